The Labute approximate surface area is 212 Å². The first kappa shape index (κ1) is 31.0. The summed E-state index contributed by atoms with van der Waals surface area (Å²) >= 11 is 1.13. The molecule has 1 aliphatic rings. The Kier molecular flexibility index (Phi) is 12.7. The SMILES string of the molecule is CC.CCN(O)C(C)(C)c1ccc(C(O)CNC2CCCCC2C(C)(C)SN=O)cc1C(C)C. The molecule has 34 heavy (non-hydrogen) atoms. The number of nitroso groups, excluding NO2 is 1. The van der Waals surface area contributed by atoms with Gasteiger partial charge in [-0.3, -0.25) is 0 Å². The van der Waals surface area contributed by atoms with Gasteiger partial charge in [-0.25, -0.2) is 0 Å². The quantitative estimate of drug-likeness (QED) is 0.172. The zero-order valence-corrected chi connectivity index (χ0v) is 23.7. The van der Waals surface area contributed by atoms with Gasteiger partial charge in [0.25, 0.3) is 0 Å². The lowest BCUT2D eigenvalue weighted by Gasteiger charge is -2.41. The van der Waals surface area contributed by atoms with Crippen molar-refractivity contribution in [2.24, 2.45) is 10.5 Å². The highest BCUT2D eigenvalue weighted by Gasteiger charge is 2.38. The van der Waals surface area contributed by atoms with Gasteiger partial charge in [0.2, 0.25) is 0 Å². The molecule has 2 rings (SSSR count). The van der Waals surface area contributed by atoms with Gasteiger partial charge in [0, 0.05) is 40.4 Å². The maximum Gasteiger partial charge on any atom is 0.0914 e. The molecule has 196 valence electrons. The summed E-state index contributed by atoms with van der Waals surface area (Å²) in [5, 5.41) is 26.4. The van der Waals surface area contributed by atoms with Crippen LogP contribution in [0, 0.1) is 10.8 Å². The van der Waals surface area contributed by atoms with Crippen LogP contribution < -0.4 is 5.32 Å². The summed E-state index contributed by atoms with van der Waals surface area (Å²) in [6.07, 6.45) is 3.83. The minimum Gasteiger partial charge on any atom is -0.387 e. The smallest absolute Gasteiger partial charge is 0.0914 e. The maximum absolute atomic E-state index is 11.0. The monoisotopic (exact) mass is 495 g/mol. The Hall–Kier alpha value is -0.990. The van der Waals surface area contributed by atoms with Crippen molar-refractivity contribution in [2.45, 2.75) is 116 Å². The summed E-state index contributed by atoms with van der Waals surface area (Å²) in [6.45, 7) is 19.5. The summed E-state index contributed by atoms with van der Waals surface area (Å²) in [6, 6.07) is 6.38. The molecule has 3 N–H and O–H groups in total. The van der Waals surface area contributed by atoms with Crippen molar-refractivity contribution in [3.8, 4) is 0 Å². The number of rotatable bonds is 11. The van der Waals surface area contributed by atoms with Gasteiger partial charge in [0.05, 0.1) is 11.6 Å². The number of aliphatic hydroxyl groups is 1. The molecule has 1 fully saturated rings. The van der Waals surface area contributed by atoms with Gasteiger partial charge in [-0.2, -0.15) is 5.06 Å². The predicted octanol–water partition coefficient (Wildman–Crippen LogP) is 7.16. The fraction of sp³-hybridized carbons (Fsp3) is 0.778. The van der Waals surface area contributed by atoms with E-state index in [1.54, 1.807) is 0 Å². The second-order valence-corrected chi connectivity index (χ2v) is 11.9. The fourth-order valence-corrected chi connectivity index (χ4v) is 5.72. The number of hydroxylamine groups is 2. The predicted molar refractivity (Wildman–Crippen MR) is 145 cm³/mol. The Balaban J connectivity index is 0.00000281. The first-order chi connectivity index (χ1) is 16.0. The van der Waals surface area contributed by atoms with Crippen molar-refractivity contribution in [3.63, 3.8) is 0 Å². The van der Waals surface area contributed by atoms with E-state index in [2.05, 4.69) is 43.7 Å². The van der Waals surface area contributed by atoms with E-state index in [4.69, 9.17) is 0 Å². The number of nitrogens with one attached hydrogen (secondary N) is 1. The van der Waals surface area contributed by atoms with Gasteiger partial charge in [-0.05, 0) is 69.1 Å². The third-order valence-corrected chi connectivity index (χ3v) is 8.04. The van der Waals surface area contributed by atoms with E-state index in [1.807, 2.05) is 46.8 Å². The largest absolute Gasteiger partial charge is 0.387 e. The first-order valence-electron chi connectivity index (χ1n) is 13.0. The van der Waals surface area contributed by atoms with Gasteiger partial charge >= 0.3 is 0 Å². The number of hydrogen-bond acceptors (Lipinski definition) is 7. The molecule has 0 saturated heterocycles. The zero-order valence-electron chi connectivity index (χ0n) is 22.9. The normalized spacial score (nSPS) is 20.1. The first-order valence-corrected chi connectivity index (χ1v) is 13.8. The molecule has 1 saturated carbocycles. The van der Waals surface area contributed by atoms with Crippen molar-refractivity contribution < 1.29 is 10.3 Å². The number of benzene rings is 1. The minimum atomic E-state index is -0.622. The van der Waals surface area contributed by atoms with Crippen LogP contribution in [-0.2, 0) is 5.54 Å². The van der Waals surface area contributed by atoms with E-state index in [0.29, 0.717) is 19.0 Å². The van der Waals surface area contributed by atoms with Crippen LogP contribution in [0.5, 0.6) is 0 Å². The highest BCUT2D eigenvalue weighted by molar-refractivity contribution is 7.99. The molecule has 3 unspecified atom stereocenters. The molecule has 0 amide bonds. The standard InChI is InChI=1S/C25H43N3O3S.C2H6/c1-8-28(31)24(4,5)20-14-13-18(15-19(20)17(2)3)23(29)16-26-22-12-10-9-11-21(22)25(6,7)32-27-30;1-2/h13-15,17,21-23,26,29,31H,8-12,16H2,1-7H3;1-2H3. The molecule has 0 aliphatic heterocycles. The van der Waals surface area contributed by atoms with E-state index in [1.165, 1.54) is 11.5 Å². The average molecular weight is 496 g/mol. The van der Waals surface area contributed by atoms with E-state index < -0.39 is 11.6 Å². The Morgan fingerprint density at radius 2 is 1.79 bits per heavy atom. The van der Waals surface area contributed by atoms with Crippen LogP contribution in [0.3, 0.4) is 0 Å². The maximum atomic E-state index is 11.0. The van der Waals surface area contributed by atoms with E-state index in [0.717, 1.165) is 47.9 Å². The average Bonchev–Trinajstić information content (AvgIpc) is 2.82. The lowest BCUT2D eigenvalue weighted by molar-refractivity contribution is -0.162. The molecule has 0 spiro atoms. The van der Waals surface area contributed by atoms with Crippen LogP contribution in [0.25, 0.3) is 0 Å². The van der Waals surface area contributed by atoms with Gasteiger partial charge in [-0.15, -0.1) is 4.91 Å². The van der Waals surface area contributed by atoms with E-state index in [-0.39, 0.29) is 16.7 Å². The molecule has 3 atom stereocenters. The van der Waals surface area contributed by atoms with E-state index in [9.17, 15) is 15.2 Å². The molecule has 7 heteroatoms. The Bertz CT molecular complexity index is 755. The van der Waals surface area contributed by atoms with Crippen molar-refractivity contribution in [2.75, 3.05) is 13.1 Å². The lowest BCUT2D eigenvalue weighted by atomic mass is 9.77. The number of hydrogen-bond donors (Lipinski definition) is 3. The molecule has 0 radical (unpaired) electrons. The van der Waals surface area contributed by atoms with Crippen molar-refractivity contribution in [3.05, 3.63) is 39.8 Å². The second kappa shape index (κ2) is 13.9. The Morgan fingerprint density at radius 1 is 1.18 bits per heavy atom. The summed E-state index contributed by atoms with van der Waals surface area (Å²) in [7, 11) is 0. The molecular weight excluding hydrogens is 446 g/mol. The van der Waals surface area contributed by atoms with Crippen LogP contribution >= 0.6 is 11.9 Å². The van der Waals surface area contributed by atoms with Gasteiger partial charge in [0.15, 0.2) is 0 Å². The lowest BCUT2D eigenvalue weighted by Crippen LogP contribution is -2.47. The Morgan fingerprint density at radius 3 is 2.35 bits per heavy atom. The zero-order chi connectivity index (χ0) is 26.1. The van der Waals surface area contributed by atoms with Gasteiger partial charge in [0.1, 0.15) is 0 Å². The third kappa shape index (κ3) is 7.76. The topological polar surface area (TPSA) is 85.2 Å². The molecule has 1 aliphatic carbocycles. The summed E-state index contributed by atoms with van der Waals surface area (Å²) in [5.74, 6) is 0.608. The van der Waals surface area contributed by atoms with Crippen LogP contribution in [0.4, 0.5) is 0 Å². The fourth-order valence-electron chi connectivity index (χ4n) is 5.11. The molecule has 0 aromatic heterocycles. The molecule has 1 aromatic rings. The second-order valence-electron chi connectivity index (χ2n) is 10.5. The van der Waals surface area contributed by atoms with E-state index >= 15 is 0 Å². The van der Waals surface area contributed by atoms with Gasteiger partial charge in [-0.1, -0.05) is 65.7 Å². The summed E-state index contributed by atoms with van der Waals surface area (Å²) < 4.78 is 2.88. The molecule has 6 nitrogen and oxygen atoms in total. The molecule has 1 aromatic carbocycles. The molecular formula is C27H49N3O3S. The molecule has 0 bridgehead atoms. The highest BCUT2D eigenvalue weighted by Crippen LogP contribution is 2.42. The summed E-state index contributed by atoms with van der Waals surface area (Å²) in [5.41, 5.74) is 2.59. The number of aliphatic hydroxyl groups excluding tert-OH is 1. The van der Waals surface area contributed by atoms with Crippen LogP contribution in [0.2, 0.25) is 0 Å². The third-order valence-electron chi connectivity index (χ3n) is 7.19. The number of nitrogens with zero attached hydrogens (tertiary/aromatic N) is 2. The van der Waals surface area contributed by atoms with Gasteiger partial charge < -0.3 is 15.6 Å². The van der Waals surface area contributed by atoms with Crippen molar-refractivity contribution >= 4 is 11.9 Å². The minimum absolute atomic E-state index is 0.224. The molecule has 0 heterocycles. The summed E-state index contributed by atoms with van der Waals surface area (Å²) in [4.78, 5) is 10.9. The van der Waals surface area contributed by atoms with Crippen LogP contribution in [0.1, 0.15) is 117 Å². The van der Waals surface area contributed by atoms with Crippen LogP contribution in [0.15, 0.2) is 22.8 Å². The van der Waals surface area contributed by atoms with Crippen molar-refractivity contribution in [1.82, 2.24) is 10.4 Å². The van der Waals surface area contributed by atoms with Crippen LogP contribution in [-0.4, -0.2) is 39.3 Å². The highest BCUT2D eigenvalue weighted by atomic mass is 32.2. The van der Waals surface area contributed by atoms with Crippen molar-refractivity contribution in [1.29, 1.82) is 0 Å².